The third-order valence-electron chi connectivity index (χ3n) is 3.27. The van der Waals surface area contributed by atoms with Crippen LogP contribution in [-0.2, 0) is 0 Å². The van der Waals surface area contributed by atoms with E-state index in [0.717, 1.165) is 36.4 Å². The van der Waals surface area contributed by atoms with Gasteiger partial charge in [0.25, 0.3) is 5.91 Å². The Hall–Kier alpha value is -1.07. The van der Waals surface area contributed by atoms with E-state index >= 15 is 0 Å². The number of carbonyl (C=O) groups is 1. The summed E-state index contributed by atoms with van der Waals surface area (Å²) in [6.07, 6.45) is 0. The van der Waals surface area contributed by atoms with E-state index in [1.165, 1.54) is 0 Å². The highest BCUT2D eigenvalue weighted by Gasteiger charge is 2.20. The maximum absolute atomic E-state index is 12.4. The second kappa shape index (κ2) is 6.39. The summed E-state index contributed by atoms with van der Waals surface area (Å²) < 4.78 is 6.28. The first-order valence-corrected chi connectivity index (χ1v) is 7.31. The second-order valence-corrected chi connectivity index (χ2v) is 5.53. The molecule has 2 rings (SSSR count). The summed E-state index contributed by atoms with van der Waals surface area (Å²) in [4.78, 5) is 16.5. The number of amides is 1. The highest BCUT2D eigenvalue weighted by Crippen LogP contribution is 2.26. The van der Waals surface area contributed by atoms with Crippen molar-refractivity contribution in [3.63, 3.8) is 0 Å². The number of ether oxygens (including phenoxy) is 1. The van der Waals surface area contributed by atoms with E-state index < -0.39 is 0 Å². The number of rotatable bonds is 3. The van der Waals surface area contributed by atoms with Crippen LogP contribution < -0.4 is 4.74 Å². The lowest BCUT2D eigenvalue weighted by Gasteiger charge is -2.32. The number of benzene rings is 1. The van der Waals surface area contributed by atoms with E-state index in [1.807, 2.05) is 30.0 Å². The van der Waals surface area contributed by atoms with Crippen LogP contribution in [0.25, 0.3) is 0 Å². The molecule has 0 spiro atoms. The fourth-order valence-electron chi connectivity index (χ4n) is 2.10. The molecule has 1 saturated heterocycles. The molecule has 0 aromatic heterocycles. The van der Waals surface area contributed by atoms with E-state index in [1.54, 1.807) is 0 Å². The fourth-order valence-corrected chi connectivity index (χ4v) is 2.59. The average molecular weight is 327 g/mol. The minimum atomic E-state index is 0.0943. The van der Waals surface area contributed by atoms with Crippen LogP contribution in [-0.4, -0.2) is 55.5 Å². The molecule has 4 nitrogen and oxygen atoms in total. The van der Waals surface area contributed by atoms with E-state index in [4.69, 9.17) is 4.74 Å². The van der Waals surface area contributed by atoms with E-state index in [9.17, 15) is 4.79 Å². The van der Waals surface area contributed by atoms with Crippen LogP contribution in [0.5, 0.6) is 5.75 Å². The van der Waals surface area contributed by atoms with Gasteiger partial charge in [0, 0.05) is 31.7 Å². The molecule has 104 valence electrons. The molecule has 1 amide bonds. The van der Waals surface area contributed by atoms with Crippen molar-refractivity contribution >= 4 is 21.8 Å². The molecule has 0 bridgehead atoms. The molecule has 1 aliphatic heterocycles. The van der Waals surface area contributed by atoms with Gasteiger partial charge in [-0.1, -0.05) is 0 Å². The smallest absolute Gasteiger partial charge is 0.253 e. The fraction of sp³-hybridized carbons (Fsp3) is 0.500. The molecule has 1 aromatic rings. The van der Waals surface area contributed by atoms with Crippen molar-refractivity contribution in [1.82, 2.24) is 9.80 Å². The maximum atomic E-state index is 12.4. The number of halogens is 1. The van der Waals surface area contributed by atoms with Crippen molar-refractivity contribution in [2.24, 2.45) is 0 Å². The summed E-state index contributed by atoms with van der Waals surface area (Å²) in [6.45, 7) is 6.01. The Morgan fingerprint density at radius 1 is 1.32 bits per heavy atom. The van der Waals surface area contributed by atoms with Crippen LogP contribution in [0, 0.1) is 0 Å². The van der Waals surface area contributed by atoms with Crippen LogP contribution in [0.1, 0.15) is 17.3 Å². The van der Waals surface area contributed by atoms with Gasteiger partial charge >= 0.3 is 0 Å². The molecule has 0 atom stereocenters. The Bertz CT molecular complexity index is 457. The second-order valence-electron chi connectivity index (χ2n) is 4.67. The van der Waals surface area contributed by atoms with Crippen LogP contribution in [0.2, 0.25) is 0 Å². The van der Waals surface area contributed by atoms with Gasteiger partial charge in [-0.2, -0.15) is 0 Å². The normalized spacial score (nSPS) is 16.5. The Morgan fingerprint density at radius 2 is 2.00 bits per heavy atom. The highest BCUT2D eigenvalue weighted by atomic mass is 79.9. The molecule has 1 fully saturated rings. The minimum absolute atomic E-state index is 0.0943. The van der Waals surface area contributed by atoms with Gasteiger partial charge in [-0.15, -0.1) is 0 Å². The van der Waals surface area contributed by atoms with E-state index in [2.05, 4.69) is 27.9 Å². The summed E-state index contributed by atoms with van der Waals surface area (Å²) in [6, 6.07) is 5.51. The lowest BCUT2D eigenvalue weighted by Crippen LogP contribution is -2.47. The Kier molecular flexibility index (Phi) is 4.82. The highest BCUT2D eigenvalue weighted by molar-refractivity contribution is 9.10. The number of carbonyl (C=O) groups excluding carboxylic acids is 1. The lowest BCUT2D eigenvalue weighted by molar-refractivity contribution is 0.0664. The molecule has 5 heteroatoms. The number of hydrogen-bond acceptors (Lipinski definition) is 3. The molecule has 0 radical (unpaired) electrons. The molecule has 1 aromatic carbocycles. The van der Waals surface area contributed by atoms with Crippen molar-refractivity contribution in [3.8, 4) is 5.75 Å². The standard InChI is InChI=1S/C14H19BrN2O2/c1-3-19-13-5-4-11(10-12(13)15)14(18)17-8-6-16(2)7-9-17/h4-5,10H,3,6-9H2,1-2H3. The van der Waals surface area contributed by atoms with Crippen LogP contribution in [0.4, 0.5) is 0 Å². The molecular weight excluding hydrogens is 308 g/mol. The molecule has 0 unspecified atom stereocenters. The third-order valence-corrected chi connectivity index (χ3v) is 3.89. The Labute approximate surface area is 122 Å². The Balaban J connectivity index is 2.09. The topological polar surface area (TPSA) is 32.8 Å². The molecule has 0 aliphatic carbocycles. The van der Waals surface area contributed by atoms with Gasteiger partial charge in [-0.05, 0) is 48.1 Å². The molecule has 0 N–H and O–H groups in total. The van der Waals surface area contributed by atoms with Crippen molar-refractivity contribution < 1.29 is 9.53 Å². The molecular formula is C14H19BrN2O2. The van der Waals surface area contributed by atoms with Crippen LogP contribution in [0.3, 0.4) is 0 Å². The summed E-state index contributed by atoms with van der Waals surface area (Å²) in [7, 11) is 2.08. The van der Waals surface area contributed by atoms with E-state index in [-0.39, 0.29) is 5.91 Å². The SMILES string of the molecule is CCOc1ccc(C(=O)N2CCN(C)CC2)cc1Br. The van der Waals surface area contributed by atoms with Crippen molar-refractivity contribution in [2.75, 3.05) is 39.8 Å². The van der Waals surface area contributed by atoms with Crippen LogP contribution in [0.15, 0.2) is 22.7 Å². The predicted octanol–water partition coefficient (Wildman–Crippen LogP) is 2.24. The minimum Gasteiger partial charge on any atom is -0.493 e. The zero-order valence-corrected chi connectivity index (χ0v) is 12.9. The molecule has 19 heavy (non-hydrogen) atoms. The monoisotopic (exact) mass is 326 g/mol. The summed E-state index contributed by atoms with van der Waals surface area (Å²) in [5, 5.41) is 0. The molecule has 1 aliphatic rings. The molecule has 0 saturated carbocycles. The zero-order valence-electron chi connectivity index (χ0n) is 11.4. The van der Waals surface area contributed by atoms with Gasteiger partial charge in [0.05, 0.1) is 11.1 Å². The average Bonchev–Trinajstić information content (AvgIpc) is 2.41. The first-order valence-electron chi connectivity index (χ1n) is 6.52. The van der Waals surface area contributed by atoms with Gasteiger partial charge in [0.1, 0.15) is 5.75 Å². The molecule has 1 heterocycles. The number of hydrogen-bond donors (Lipinski definition) is 0. The quantitative estimate of drug-likeness (QED) is 0.854. The lowest BCUT2D eigenvalue weighted by atomic mass is 10.1. The van der Waals surface area contributed by atoms with Gasteiger partial charge in [-0.25, -0.2) is 0 Å². The number of nitrogens with zero attached hydrogens (tertiary/aromatic N) is 2. The summed E-state index contributed by atoms with van der Waals surface area (Å²) in [5.74, 6) is 0.870. The maximum Gasteiger partial charge on any atom is 0.253 e. The number of piperazine rings is 1. The first-order chi connectivity index (χ1) is 9.11. The predicted molar refractivity (Wildman–Crippen MR) is 78.7 cm³/mol. The first kappa shape index (κ1) is 14.3. The zero-order chi connectivity index (χ0) is 13.8. The largest absolute Gasteiger partial charge is 0.493 e. The summed E-state index contributed by atoms with van der Waals surface area (Å²) >= 11 is 3.45. The van der Waals surface area contributed by atoms with Crippen molar-refractivity contribution in [3.05, 3.63) is 28.2 Å². The summed E-state index contributed by atoms with van der Waals surface area (Å²) in [5.41, 5.74) is 0.708. The van der Waals surface area contributed by atoms with Gasteiger partial charge < -0.3 is 14.5 Å². The number of likely N-dealkylation sites (N-methyl/N-ethyl adjacent to an activating group) is 1. The van der Waals surface area contributed by atoms with Gasteiger partial charge in [0.15, 0.2) is 0 Å². The van der Waals surface area contributed by atoms with Crippen LogP contribution >= 0.6 is 15.9 Å². The van der Waals surface area contributed by atoms with Gasteiger partial charge in [0.2, 0.25) is 0 Å². The van der Waals surface area contributed by atoms with Crippen molar-refractivity contribution in [2.45, 2.75) is 6.92 Å². The third kappa shape index (κ3) is 3.48. The van der Waals surface area contributed by atoms with Gasteiger partial charge in [-0.3, -0.25) is 4.79 Å². The van der Waals surface area contributed by atoms with Crippen molar-refractivity contribution in [1.29, 1.82) is 0 Å². The van der Waals surface area contributed by atoms with E-state index in [0.29, 0.717) is 12.2 Å². The Morgan fingerprint density at radius 3 is 2.58 bits per heavy atom.